The third kappa shape index (κ3) is 5.16. The highest BCUT2D eigenvalue weighted by atomic mass is 35.5. The summed E-state index contributed by atoms with van der Waals surface area (Å²) in [5, 5.41) is 32.6. The maximum Gasteiger partial charge on any atom is 0.418 e. The van der Waals surface area contributed by atoms with E-state index in [0.717, 1.165) is 39.7 Å². The molecule has 9 nitrogen and oxygen atoms in total. The maximum absolute atomic E-state index is 13.8. The fourth-order valence-electron chi connectivity index (χ4n) is 4.55. The van der Waals surface area contributed by atoms with Crippen LogP contribution in [0.5, 0.6) is 0 Å². The largest absolute Gasteiger partial charge is 0.418 e. The molecule has 1 saturated heterocycles. The number of aliphatic hydroxyl groups is 2. The van der Waals surface area contributed by atoms with Gasteiger partial charge in [0, 0.05) is 17.0 Å². The van der Waals surface area contributed by atoms with Crippen molar-refractivity contribution < 1.29 is 41.3 Å². The van der Waals surface area contributed by atoms with Crippen LogP contribution >= 0.6 is 11.6 Å². The molecule has 0 radical (unpaired) electrons. The summed E-state index contributed by atoms with van der Waals surface area (Å²) in [6, 6.07) is 3.43. The molecule has 5 rings (SSSR count). The average molecular weight is 589 g/mol. The zero-order valence-electron chi connectivity index (χ0n) is 20.3. The summed E-state index contributed by atoms with van der Waals surface area (Å²) in [5.41, 5.74) is -1.63. The van der Waals surface area contributed by atoms with Crippen LogP contribution in [0.4, 0.5) is 26.3 Å². The highest BCUT2D eigenvalue weighted by Crippen LogP contribution is 2.40. The number of aromatic nitrogens is 6. The van der Waals surface area contributed by atoms with Crippen molar-refractivity contribution in [3.8, 4) is 16.9 Å². The number of benzene rings is 2. The number of halogens is 7. The molecule has 1 aliphatic rings. The van der Waals surface area contributed by atoms with Crippen LogP contribution in [0.1, 0.15) is 35.8 Å². The molecule has 4 aromatic rings. The minimum absolute atomic E-state index is 0.0111. The monoisotopic (exact) mass is 588 g/mol. The van der Waals surface area contributed by atoms with E-state index in [9.17, 15) is 36.6 Å². The maximum atomic E-state index is 13.8. The first-order valence-corrected chi connectivity index (χ1v) is 12.1. The Labute approximate surface area is 226 Å². The first-order chi connectivity index (χ1) is 18.9. The SMILES string of the molecule is Cc1nc(C2CC(n3cc(-c4cc(F)c(F)c(F)c4)nn3)C(O)C(CO)O2)n(-c2cc(Cl)ccc2C(F)(F)F)n1. The van der Waals surface area contributed by atoms with Gasteiger partial charge in [0.25, 0.3) is 0 Å². The zero-order valence-corrected chi connectivity index (χ0v) is 21.1. The molecule has 2 N–H and O–H groups in total. The zero-order chi connectivity index (χ0) is 28.9. The standard InChI is InChI=1S/C24H19ClF6N6O3/c1-10-32-23(37(34-10)17-6-12(25)2-3-13(17)24(29,30)31)19-7-18(22(39)20(9-38)40-19)36-8-16(33-35-36)11-4-14(26)21(28)15(27)5-11/h2-6,8,18-20,22,38-39H,7,9H2,1H3. The van der Waals surface area contributed by atoms with Crippen LogP contribution < -0.4 is 0 Å². The predicted molar refractivity (Wildman–Crippen MR) is 126 cm³/mol. The van der Waals surface area contributed by atoms with Gasteiger partial charge in [-0.05, 0) is 37.3 Å². The van der Waals surface area contributed by atoms with Crippen molar-refractivity contribution in [2.75, 3.05) is 6.61 Å². The van der Waals surface area contributed by atoms with Crippen LogP contribution in [0, 0.1) is 24.4 Å². The van der Waals surface area contributed by atoms with Crippen LogP contribution in [-0.2, 0) is 10.9 Å². The summed E-state index contributed by atoms with van der Waals surface area (Å²) in [6.45, 7) is 0.781. The second-order valence-corrected chi connectivity index (χ2v) is 9.50. The van der Waals surface area contributed by atoms with Crippen LogP contribution in [-0.4, -0.2) is 58.8 Å². The van der Waals surface area contributed by atoms with Crippen molar-refractivity contribution >= 4 is 11.6 Å². The van der Waals surface area contributed by atoms with E-state index < -0.39 is 65.8 Å². The van der Waals surface area contributed by atoms with E-state index in [-0.39, 0.29) is 34.3 Å². The van der Waals surface area contributed by atoms with Gasteiger partial charge in [0.1, 0.15) is 29.8 Å². The molecule has 0 bridgehead atoms. The number of nitrogens with zero attached hydrogens (tertiary/aromatic N) is 6. The molecule has 4 unspecified atom stereocenters. The van der Waals surface area contributed by atoms with Gasteiger partial charge >= 0.3 is 6.18 Å². The van der Waals surface area contributed by atoms with E-state index in [1.165, 1.54) is 13.1 Å². The molecule has 212 valence electrons. The topological polar surface area (TPSA) is 111 Å². The van der Waals surface area contributed by atoms with Gasteiger partial charge in [0.05, 0.1) is 30.1 Å². The molecule has 0 aliphatic carbocycles. The minimum Gasteiger partial charge on any atom is -0.394 e. The van der Waals surface area contributed by atoms with Crippen molar-refractivity contribution in [3.05, 3.63) is 76.2 Å². The molecular formula is C24H19ClF6N6O3. The summed E-state index contributed by atoms with van der Waals surface area (Å²) < 4.78 is 90.3. The molecule has 2 aromatic carbocycles. The quantitative estimate of drug-likeness (QED) is 0.263. The summed E-state index contributed by atoms with van der Waals surface area (Å²) in [6.07, 6.45) is -7.37. The molecule has 2 aromatic heterocycles. The van der Waals surface area contributed by atoms with Gasteiger partial charge in [0.2, 0.25) is 0 Å². The van der Waals surface area contributed by atoms with Crippen molar-refractivity contribution in [2.24, 2.45) is 0 Å². The number of hydrogen-bond acceptors (Lipinski definition) is 7. The van der Waals surface area contributed by atoms with E-state index in [1.807, 2.05) is 0 Å². The van der Waals surface area contributed by atoms with Gasteiger partial charge in [0.15, 0.2) is 23.3 Å². The second kappa shape index (κ2) is 10.5. The summed E-state index contributed by atoms with van der Waals surface area (Å²) in [7, 11) is 0. The molecule has 3 heterocycles. The Morgan fingerprint density at radius 2 is 1.82 bits per heavy atom. The second-order valence-electron chi connectivity index (χ2n) is 9.07. The van der Waals surface area contributed by atoms with Crippen molar-refractivity contribution in [1.82, 2.24) is 29.8 Å². The summed E-state index contributed by atoms with van der Waals surface area (Å²) in [5.74, 6) is -4.49. The van der Waals surface area contributed by atoms with E-state index in [1.54, 1.807) is 0 Å². The Morgan fingerprint density at radius 1 is 1.12 bits per heavy atom. The van der Waals surface area contributed by atoms with E-state index >= 15 is 0 Å². The third-order valence-electron chi connectivity index (χ3n) is 6.40. The molecule has 40 heavy (non-hydrogen) atoms. The number of aliphatic hydroxyl groups excluding tert-OH is 2. The average Bonchev–Trinajstić information content (AvgIpc) is 3.53. The van der Waals surface area contributed by atoms with Crippen molar-refractivity contribution in [2.45, 2.75) is 43.9 Å². The van der Waals surface area contributed by atoms with Gasteiger partial charge in [-0.25, -0.2) is 27.5 Å². The first-order valence-electron chi connectivity index (χ1n) is 11.7. The van der Waals surface area contributed by atoms with Crippen LogP contribution in [0.25, 0.3) is 16.9 Å². The van der Waals surface area contributed by atoms with Crippen molar-refractivity contribution in [3.63, 3.8) is 0 Å². The minimum atomic E-state index is -4.76. The van der Waals surface area contributed by atoms with E-state index in [4.69, 9.17) is 16.3 Å². The molecule has 0 spiro atoms. The van der Waals surface area contributed by atoms with E-state index in [2.05, 4.69) is 20.4 Å². The Bertz CT molecular complexity index is 1540. The van der Waals surface area contributed by atoms with Crippen molar-refractivity contribution in [1.29, 1.82) is 0 Å². The number of aryl methyl sites for hydroxylation is 1. The Kier molecular flexibility index (Phi) is 7.33. The Hall–Kier alpha value is -3.53. The lowest BCUT2D eigenvalue weighted by atomic mass is 9.95. The number of alkyl halides is 3. The van der Waals surface area contributed by atoms with Gasteiger partial charge in [-0.15, -0.1) is 5.10 Å². The smallest absolute Gasteiger partial charge is 0.394 e. The summed E-state index contributed by atoms with van der Waals surface area (Å²) >= 11 is 6.00. The lowest BCUT2D eigenvalue weighted by molar-refractivity contribution is -0.161. The van der Waals surface area contributed by atoms with Crippen LogP contribution in [0.15, 0.2) is 36.5 Å². The predicted octanol–water partition coefficient (Wildman–Crippen LogP) is 4.35. The van der Waals surface area contributed by atoms with Crippen LogP contribution in [0.3, 0.4) is 0 Å². The Balaban J connectivity index is 1.54. The highest BCUT2D eigenvalue weighted by Gasteiger charge is 2.42. The molecule has 0 amide bonds. The normalized spacial score (nSPS) is 21.6. The Morgan fingerprint density at radius 3 is 2.48 bits per heavy atom. The number of ether oxygens (including phenoxy) is 1. The molecule has 16 heteroatoms. The first kappa shape index (κ1) is 28.0. The fraction of sp³-hybridized carbons (Fsp3) is 0.333. The van der Waals surface area contributed by atoms with Gasteiger partial charge < -0.3 is 14.9 Å². The highest BCUT2D eigenvalue weighted by molar-refractivity contribution is 6.30. The molecule has 0 saturated carbocycles. The fourth-order valence-corrected chi connectivity index (χ4v) is 4.71. The lowest BCUT2D eigenvalue weighted by Crippen LogP contribution is -2.45. The van der Waals surface area contributed by atoms with Gasteiger partial charge in [-0.3, -0.25) is 0 Å². The van der Waals surface area contributed by atoms with Gasteiger partial charge in [-0.2, -0.15) is 18.3 Å². The number of hydrogen-bond donors (Lipinski definition) is 2. The summed E-state index contributed by atoms with van der Waals surface area (Å²) in [4.78, 5) is 4.25. The molecular weight excluding hydrogens is 570 g/mol. The lowest BCUT2D eigenvalue weighted by Gasteiger charge is -2.38. The molecule has 1 fully saturated rings. The van der Waals surface area contributed by atoms with E-state index in [0.29, 0.717) is 0 Å². The van der Waals surface area contributed by atoms with Crippen LogP contribution in [0.2, 0.25) is 5.02 Å². The number of rotatable bonds is 5. The van der Waals surface area contributed by atoms with Gasteiger partial charge in [-0.1, -0.05) is 16.8 Å². The molecule has 1 aliphatic heterocycles. The molecule has 4 atom stereocenters. The third-order valence-corrected chi connectivity index (χ3v) is 6.63.